The van der Waals surface area contributed by atoms with Gasteiger partial charge in [0, 0.05) is 18.8 Å². The monoisotopic (exact) mass is 418 g/mol. The third-order valence-corrected chi connectivity index (χ3v) is 4.89. The molecule has 1 amide bonds. The first-order valence-corrected chi connectivity index (χ1v) is 8.77. The maximum Gasteiger partial charge on any atom is 0.419 e. The van der Waals surface area contributed by atoms with Crippen molar-refractivity contribution in [2.24, 2.45) is 5.73 Å². The first-order valence-electron chi connectivity index (χ1n) is 8.77. The topological polar surface area (TPSA) is 93.5 Å². The molecule has 1 heterocycles. The van der Waals surface area contributed by atoms with Gasteiger partial charge in [-0.15, -0.1) is 24.8 Å². The Morgan fingerprint density at radius 2 is 1.93 bits per heavy atom. The summed E-state index contributed by atoms with van der Waals surface area (Å²) in [6, 6.07) is 5.23. The molecule has 1 aromatic carbocycles. The van der Waals surface area contributed by atoms with Gasteiger partial charge in [0.1, 0.15) is 0 Å². The molecule has 1 saturated carbocycles. The molecule has 0 spiro atoms. The number of hydrogen-bond acceptors (Lipinski definition) is 5. The molecule has 9 heteroatoms. The number of fused-ring (bicyclic) bond motifs is 1. The normalized spacial score (nSPS) is 15.9. The van der Waals surface area contributed by atoms with Crippen LogP contribution >= 0.6 is 24.8 Å². The van der Waals surface area contributed by atoms with Crippen molar-refractivity contribution in [3.63, 3.8) is 0 Å². The molecule has 0 atom stereocenters. The largest absolute Gasteiger partial charge is 0.419 e. The second kappa shape index (κ2) is 9.59. The van der Waals surface area contributed by atoms with Gasteiger partial charge in [0.2, 0.25) is 5.91 Å². The summed E-state index contributed by atoms with van der Waals surface area (Å²) in [5.74, 6) is -0.542. The zero-order valence-corrected chi connectivity index (χ0v) is 17.3. The van der Waals surface area contributed by atoms with Crippen molar-refractivity contribution < 1.29 is 9.21 Å². The van der Waals surface area contributed by atoms with Crippen molar-refractivity contribution in [3.8, 4) is 0 Å². The molecular weight excluding hydrogens is 391 g/mol. The summed E-state index contributed by atoms with van der Waals surface area (Å²) in [4.78, 5) is 26.6. The van der Waals surface area contributed by atoms with Crippen LogP contribution < -0.4 is 16.8 Å². The minimum Gasteiger partial charge on any atom is -0.408 e. The molecule has 0 radical (unpaired) electrons. The van der Waals surface area contributed by atoms with Crippen LogP contribution in [0.2, 0.25) is 0 Å². The van der Waals surface area contributed by atoms with E-state index in [1.165, 1.54) is 0 Å². The molecule has 1 aliphatic rings. The number of benzene rings is 1. The Morgan fingerprint density at radius 3 is 2.56 bits per heavy atom. The van der Waals surface area contributed by atoms with Gasteiger partial charge in [-0.3, -0.25) is 9.36 Å². The van der Waals surface area contributed by atoms with Gasteiger partial charge in [-0.25, -0.2) is 4.79 Å². The van der Waals surface area contributed by atoms with Crippen LogP contribution in [0.1, 0.15) is 32.1 Å². The summed E-state index contributed by atoms with van der Waals surface area (Å²) in [7, 11) is 3.90. The molecule has 0 saturated heterocycles. The van der Waals surface area contributed by atoms with E-state index in [1.54, 1.807) is 22.8 Å². The van der Waals surface area contributed by atoms with Crippen molar-refractivity contribution in [1.82, 2.24) is 9.47 Å². The van der Waals surface area contributed by atoms with Gasteiger partial charge in [0.05, 0.1) is 11.1 Å². The summed E-state index contributed by atoms with van der Waals surface area (Å²) in [5, 5.41) is 2.91. The number of hydrogen-bond donors (Lipinski definition) is 2. The van der Waals surface area contributed by atoms with Crippen LogP contribution in [0.15, 0.2) is 27.4 Å². The van der Waals surface area contributed by atoms with E-state index >= 15 is 0 Å². The molecule has 3 rings (SSSR count). The number of nitrogens with two attached hydrogens (primary N) is 1. The Kier molecular flexibility index (Phi) is 8.35. The molecule has 27 heavy (non-hydrogen) atoms. The van der Waals surface area contributed by atoms with Crippen molar-refractivity contribution in [2.45, 2.75) is 44.2 Å². The SMILES string of the molecule is CN(C)CCn1c(=O)oc2ccc(NC(=O)C3(N)CCCCC3)cc21.Cl.Cl. The minimum absolute atomic E-state index is 0. The number of halogens is 2. The lowest BCUT2D eigenvalue weighted by molar-refractivity contribution is -0.122. The van der Waals surface area contributed by atoms with Crippen LogP contribution in [0.5, 0.6) is 0 Å². The van der Waals surface area contributed by atoms with E-state index in [2.05, 4.69) is 5.32 Å². The fraction of sp³-hybridized carbons (Fsp3) is 0.556. The maximum absolute atomic E-state index is 12.6. The van der Waals surface area contributed by atoms with E-state index in [9.17, 15) is 9.59 Å². The summed E-state index contributed by atoms with van der Waals surface area (Å²) >= 11 is 0. The maximum atomic E-state index is 12.6. The lowest BCUT2D eigenvalue weighted by atomic mass is 9.82. The van der Waals surface area contributed by atoms with E-state index in [0.717, 1.165) is 25.8 Å². The summed E-state index contributed by atoms with van der Waals surface area (Å²) in [6.45, 7) is 1.24. The number of likely N-dealkylation sites (N-methyl/N-ethyl adjacent to an activating group) is 1. The van der Waals surface area contributed by atoms with Crippen molar-refractivity contribution in [1.29, 1.82) is 0 Å². The fourth-order valence-electron chi connectivity index (χ4n) is 3.32. The molecule has 0 unspecified atom stereocenters. The Balaban J connectivity index is 0.00000182. The number of carbonyl (C=O) groups excluding carboxylic acids is 1. The van der Waals surface area contributed by atoms with E-state index in [4.69, 9.17) is 10.2 Å². The number of oxazole rings is 1. The van der Waals surface area contributed by atoms with Crippen LogP contribution in [-0.2, 0) is 11.3 Å². The average Bonchev–Trinajstić information content (AvgIpc) is 2.88. The highest BCUT2D eigenvalue weighted by Gasteiger charge is 2.35. The van der Waals surface area contributed by atoms with E-state index in [-0.39, 0.29) is 36.5 Å². The summed E-state index contributed by atoms with van der Waals surface area (Å²) in [5.41, 5.74) is 7.32. The van der Waals surface area contributed by atoms with E-state index in [0.29, 0.717) is 36.2 Å². The van der Waals surface area contributed by atoms with Gasteiger partial charge in [-0.05, 0) is 45.1 Å². The number of nitrogens with zero attached hydrogens (tertiary/aromatic N) is 2. The first kappa shape index (κ1) is 23.5. The summed E-state index contributed by atoms with van der Waals surface area (Å²) in [6.07, 6.45) is 4.51. The zero-order valence-electron chi connectivity index (χ0n) is 15.7. The minimum atomic E-state index is -0.797. The Morgan fingerprint density at radius 1 is 1.26 bits per heavy atom. The van der Waals surface area contributed by atoms with Crippen molar-refractivity contribution in [3.05, 3.63) is 28.7 Å². The predicted molar refractivity (Wildman–Crippen MR) is 112 cm³/mol. The summed E-state index contributed by atoms with van der Waals surface area (Å²) < 4.78 is 6.87. The first-order chi connectivity index (χ1) is 11.9. The highest BCUT2D eigenvalue weighted by Crippen LogP contribution is 2.28. The van der Waals surface area contributed by atoms with Gasteiger partial charge >= 0.3 is 5.76 Å². The zero-order chi connectivity index (χ0) is 18.0. The Labute approximate surface area is 171 Å². The van der Waals surface area contributed by atoms with Crippen LogP contribution in [0.4, 0.5) is 5.69 Å². The van der Waals surface area contributed by atoms with Crippen LogP contribution in [-0.4, -0.2) is 41.6 Å². The highest BCUT2D eigenvalue weighted by atomic mass is 35.5. The number of aromatic nitrogens is 1. The Bertz CT molecular complexity index is 826. The van der Waals surface area contributed by atoms with Crippen LogP contribution in [0.3, 0.4) is 0 Å². The van der Waals surface area contributed by atoms with Crippen molar-refractivity contribution in [2.75, 3.05) is 26.0 Å². The van der Waals surface area contributed by atoms with Gasteiger partial charge in [-0.2, -0.15) is 0 Å². The fourth-order valence-corrected chi connectivity index (χ4v) is 3.32. The molecule has 1 aromatic heterocycles. The molecular formula is C18H28Cl2N4O3. The number of carbonyl (C=O) groups is 1. The molecule has 2 aromatic rings. The smallest absolute Gasteiger partial charge is 0.408 e. The quantitative estimate of drug-likeness (QED) is 0.777. The van der Waals surface area contributed by atoms with Crippen LogP contribution in [0, 0.1) is 0 Å². The van der Waals surface area contributed by atoms with Gasteiger partial charge in [0.25, 0.3) is 0 Å². The lowest BCUT2D eigenvalue weighted by Crippen LogP contribution is -2.52. The number of amides is 1. The van der Waals surface area contributed by atoms with Gasteiger partial charge in [0.15, 0.2) is 5.58 Å². The third-order valence-electron chi connectivity index (χ3n) is 4.89. The predicted octanol–water partition coefficient (Wildman–Crippen LogP) is 2.60. The standard InChI is InChI=1S/C18H26N4O3.2ClH/c1-21(2)10-11-22-14-12-13(6-7-15(14)25-17(22)24)20-16(23)18(19)8-4-3-5-9-18;;/h6-7,12H,3-5,8-11,19H2,1-2H3,(H,20,23);2*1H. The van der Waals surface area contributed by atoms with Crippen molar-refractivity contribution >= 4 is 47.5 Å². The van der Waals surface area contributed by atoms with E-state index in [1.807, 2.05) is 19.0 Å². The molecule has 3 N–H and O–H groups in total. The highest BCUT2D eigenvalue weighted by molar-refractivity contribution is 5.99. The second-order valence-electron chi connectivity index (χ2n) is 7.18. The average molecular weight is 419 g/mol. The number of anilines is 1. The third kappa shape index (κ3) is 5.25. The Hall–Kier alpha value is -1.54. The van der Waals surface area contributed by atoms with Gasteiger partial charge in [-0.1, -0.05) is 19.3 Å². The van der Waals surface area contributed by atoms with E-state index < -0.39 is 5.54 Å². The molecule has 1 aliphatic carbocycles. The van der Waals surface area contributed by atoms with Gasteiger partial charge < -0.3 is 20.4 Å². The number of rotatable bonds is 5. The number of nitrogens with one attached hydrogen (secondary N) is 1. The molecule has 152 valence electrons. The molecule has 1 fully saturated rings. The second-order valence-corrected chi connectivity index (χ2v) is 7.18. The lowest BCUT2D eigenvalue weighted by Gasteiger charge is -2.31. The van der Waals surface area contributed by atoms with Crippen LogP contribution in [0.25, 0.3) is 11.1 Å². The molecule has 7 nitrogen and oxygen atoms in total. The molecule has 0 aliphatic heterocycles. The molecule has 0 bridgehead atoms.